The molecule has 0 unspecified atom stereocenters. The number of hydrogen-bond donors (Lipinski definition) is 5. The molecule has 3 heterocycles. The molecule has 3 aliphatic heterocycles. The molecule has 0 fully saturated rings. The van der Waals surface area contributed by atoms with Gasteiger partial charge in [-0.25, -0.2) is 9.36 Å². The Kier molecular flexibility index (Phi) is 23.1. The minimum atomic E-state index is -4.25. The summed E-state index contributed by atoms with van der Waals surface area (Å²) in [4.78, 5) is 109. The van der Waals surface area contributed by atoms with Crippen LogP contribution < -0.4 is 46.1 Å². The van der Waals surface area contributed by atoms with Gasteiger partial charge in [-0.15, -0.1) is 23.2 Å². The third-order valence-electron chi connectivity index (χ3n) is 15.7. The number of amides is 9. The third kappa shape index (κ3) is 17.9. The summed E-state index contributed by atoms with van der Waals surface area (Å²) in [6.45, 7) is 15.2. The summed E-state index contributed by atoms with van der Waals surface area (Å²) >= 11 is 13.3. The molecule has 4 atom stereocenters. The molecule has 6 N–H and O–H groups in total. The number of phosphoric acid groups is 1. The molecule has 24 heteroatoms. The number of primary amides is 1. The van der Waals surface area contributed by atoms with E-state index in [-0.39, 0.29) is 123 Å². The maximum atomic E-state index is 14.4. The molecule has 8 rings (SSSR count). The molecular formula is C67H83Cl2N8O13P. The number of urea groups is 1. The lowest BCUT2D eigenvalue weighted by Gasteiger charge is -2.31. The van der Waals surface area contributed by atoms with Gasteiger partial charge >= 0.3 is 13.9 Å². The summed E-state index contributed by atoms with van der Waals surface area (Å²) in [5.41, 5.74) is 7.70. The van der Waals surface area contributed by atoms with E-state index in [1.807, 2.05) is 54.6 Å². The van der Waals surface area contributed by atoms with E-state index >= 15 is 0 Å². The van der Waals surface area contributed by atoms with Crippen molar-refractivity contribution in [1.29, 1.82) is 0 Å². The molecule has 9 amide bonds. The van der Waals surface area contributed by atoms with Crippen LogP contribution >= 0.6 is 31.0 Å². The Bertz CT molecular complexity index is 3590. The van der Waals surface area contributed by atoms with Gasteiger partial charge in [-0.05, 0) is 119 Å². The second-order valence-corrected chi connectivity index (χ2v) is 27.5. The van der Waals surface area contributed by atoms with E-state index in [4.69, 9.17) is 47.2 Å². The number of nitrogens with zero attached hydrogens (tertiary/aromatic N) is 3. The van der Waals surface area contributed by atoms with E-state index in [9.17, 15) is 42.9 Å². The number of halogens is 2. The number of imide groups is 1. The van der Waals surface area contributed by atoms with Gasteiger partial charge in [0.25, 0.3) is 11.8 Å². The second kappa shape index (κ2) is 30.3. The standard InChI is InChI=1S/C67H83Cl2N8O13P/c1-41(2)62(74-55(78)23-10-9-15-33-75-58(81)30-31-59(75)82)64(84)73-50(22-17-32-71-65(70)85)63(83)72-45-28-26-42(27-29-45)40-87-53-34-51-60(48-20-13-11-18-46(48)53)43(36-68)38-76(51)56(79)24-16-25-57(80)77-39-44(37-69)61-49-21-14-12-19-47(49)54(35-52(61)77)88-91(86,89-66(3,4)5)90-67(6,7)8/h11-14,18-21,26-31,34-35,41,43-44,50,62H,9-10,15-17,22-25,32-33,36-40H2,1-8H3,(H,72,83)(H,73,84)(H,74,78)(H3,70,71,85)/t43-,44-,50+,62+/m1/s1. The van der Waals surface area contributed by atoms with Gasteiger partial charge < -0.3 is 46.1 Å². The number of nitrogens with one attached hydrogen (secondary N) is 4. The van der Waals surface area contributed by atoms with Crippen molar-refractivity contribution in [3.8, 4) is 11.5 Å². The third-order valence-corrected chi connectivity index (χ3v) is 18.4. The van der Waals surface area contributed by atoms with Gasteiger partial charge in [0.2, 0.25) is 29.5 Å². The quantitative estimate of drug-likeness (QED) is 0.0129. The summed E-state index contributed by atoms with van der Waals surface area (Å²) < 4.78 is 39.3. The number of anilines is 3. The van der Waals surface area contributed by atoms with Crippen molar-refractivity contribution in [3.63, 3.8) is 0 Å². The molecule has 0 aliphatic carbocycles. The van der Waals surface area contributed by atoms with Crippen molar-refractivity contribution in [2.45, 2.75) is 155 Å². The number of carbonyl (C=O) groups is 8. The van der Waals surface area contributed by atoms with E-state index in [2.05, 4.69) is 21.3 Å². The van der Waals surface area contributed by atoms with Crippen molar-refractivity contribution in [2.24, 2.45) is 11.7 Å². The van der Waals surface area contributed by atoms with Crippen LogP contribution in [0.3, 0.4) is 0 Å². The van der Waals surface area contributed by atoms with Gasteiger partial charge in [-0.2, -0.15) is 0 Å². The first-order valence-electron chi connectivity index (χ1n) is 30.9. The Balaban J connectivity index is 0.908. The predicted octanol–water partition coefficient (Wildman–Crippen LogP) is 11.4. The van der Waals surface area contributed by atoms with Crippen LogP contribution in [0.2, 0.25) is 0 Å². The zero-order valence-corrected chi connectivity index (χ0v) is 55.3. The lowest BCUT2D eigenvalue weighted by molar-refractivity contribution is -0.137. The van der Waals surface area contributed by atoms with Gasteiger partial charge in [0.15, 0.2) is 0 Å². The van der Waals surface area contributed by atoms with Crippen LogP contribution in [-0.4, -0.2) is 114 Å². The number of ether oxygens (including phenoxy) is 1. The highest BCUT2D eigenvalue weighted by molar-refractivity contribution is 7.49. The molecule has 3 aliphatic rings. The molecule has 0 radical (unpaired) electrons. The number of rotatable bonds is 29. The van der Waals surface area contributed by atoms with Gasteiger partial charge in [-0.3, -0.25) is 47.5 Å². The lowest BCUT2D eigenvalue weighted by Crippen LogP contribution is -2.54. The fraction of sp³-hybridized carbons (Fsp3) is 0.463. The molecular weight excluding hydrogens is 1230 g/mol. The van der Waals surface area contributed by atoms with Crippen LogP contribution in [0.4, 0.5) is 21.9 Å². The molecule has 21 nitrogen and oxygen atoms in total. The zero-order valence-electron chi connectivity index (χ0n) is 52.9. The Hall–Kier alpha value is -7.55. The molecule has 5 aromatic rings. The number of carbonyl (C=O) groups excluding carboxylic acids is 8. The average Bonchev–Trinajstić information content (AvgIpc) is 1.66. The first-order chi connectivity index (χ1) is 43.2. The van der Waals surface area contributed by atoms with E-state index in [1.54, 1.807) is 95.5 Å². The van der Waals surface area contributed by atoms with Crippen molar-refractivity contribution >= 4 is 117 Å². The number of benzene rings is 5. The molecule has 0 spiro atoms. The van der Waals surface area contributed by atoms with Crippen molar-refractivity contribution < 1.29 is 61.2 Å². The fourth-order valence-electron chi connectivity index (χ4n) is 11.5. The SMILES string of the molecule is CC(C)[C@H](NC(=O)CCCCCN1C(=O)C=CC1=O)C(=O)N[C@@H](CCCNC(N)=O)C(=O)Nc1ccc(COc2cc3c(c4ccccc24)[C@H](CCl)CN3C(=O)CCCC(=O)N2C[C@@H](CCl)c3c2cc(OP(=O)(OC(C)(C)C)OC(C)(C)C)c2ccccc32)cc1. The zero-order chi connectivity index (χ0) is 66.0. The number of alkyl halides is 2. The summed E-state index contributed by atoms with van der Waals surface area (Å²) in [5.74, 6) is -2.08. The minimum Gasteiger partial charge on any atom is -0.488 e. The second-order valence-electron chi connectivity index (χ2n) is 25.4. The number of hydrogen-bond acceptors (Lipinski definition) is 13. The lowest BCUT2D eigenvalue weighted by atomic mass is 9.95. The number of nitrogens with two attached hydrogens (primary N) is 1. The number of phosphoric ester groups is 1. The largest absolute Gasteiger partial charge is 0.531 e. The van der Waals surface area contributed by atoms with Crippen LogP contribution in [0.1, 0.15) is 142 Å². The molecule has 0 saturated carbocycles. The van der Waals surface area contributed by atoms with Gasteiger partial charge in [0.05, 0.1) is 22.6 Å². The summed E-state index contributed by atoms with van der Waals surface area (Å²) in [6.07, 6.45) is 4.87. The summed E-state index contributed by atoms with van der Waals surface area (Å²) in [7, 11) is -4.25. The van der Waals surface area contributed by atoms with Crippen LogP contribution in [-0.2, 0) is 53.8 Å². The van der Waals surface area contributed by atoms with Crippen LogP contribution in [0.15, 0.2) is 97.1 Å². The van der Waals surface area contributed by atoms with Crippen LogP contribution in [0.25, 0.3) is 21.5 Å². The highest BCUT2D eigenvalue weighted by Gasteiger charge is 2.42. The Morgan fingerprint density at radius 3 is 1.70 bits per heavy atom. The Morgan fingerprint density at radius 2 is 1.19 bits per heavy atom. The molecule has 0 saturated heterocycles. The highest BCUT2D eigenvalue weighted by atomic mass is 35.5. The smallest absolute Gasteiger partial charge is 0.488 e. The first kappa shape index (κ1) is 69.3. The van der Waals surface area contributed by atoms with Gasteiger partial charge in [0, 0.05) is 110 Å². The Morgan fingerprint density at radius 1 is 0.659 bits per heavy atom. The van der Waals surface area contributed by atoms with E-state index in [1.165, 1.54) is 12.2 Å². The maximum Gasteiger partial charge on any atom is 0.531 e. The minimum absolute atomic E-state index is 0.0442. The average molecular weight is 1310 g/mol. The number of fused-ring (bicyclic) bond motifs is 6. The highest BCUT2D eigenvalue weighted by Crippen LogP contribution is 2.58. The van der Waals surface area contributed by atoms with E-state index < -0.39 is 49.0 Å². The molecule has 91 heavy (non-hydrogen) atoms. The molecule has 0 bridgehead atoms. The molecule has 5 aromatic carbocycles. The molecule has 488 valence electrons. The van der Waals surface area contributed by atoms with E-state index in [0.29, 0.717) is 60.5 Å². The van der Waals surface area contributed by atoms with Crippen LogP contribution in [0, 0.1) is 5.92 Å². The number of unbranched alkanes of at least 4 members (excludes halogenated alkanes) is 2. The van der Waals surface area contributed by atoms with Crippen molar-refractivity contribution in [3.05, 3.63) is 114 Å². The Labute approximate surface area is 541 Å². The van der Waals surface area contributed by atoms with Crippen molar-refractivity contribution in [2.75, 3.05) is 53.1 Å². The van der Waals surface area contributed by atoms with Crippen LogP contribution in [0.5, 0.6) is 11.5 Å². The maximum absolute atomic E-state index is 14.4. The topological polar surface area (TPSA) is 274 Å². The van der Waals surface area contributed by atoms with Crippen molar-refractivity contribution in [1.82, 2.24) is 20.9 Å². The predicted molar refractivity (Wildman–Crippen MR) is 353 cm³/mol. The van der Waals surface area contributed by atoms with Gasteiger partial charge in [0.1, 0.15) is 30.2 Å². The monoisotopic (exact) mass is 1310 g/mol. The normalized spacial score (nSPS) is 16.3. The van der Waals surface area contributed by atoms with E-state index in [0.717, 1.165) is 37.7 Å². The summed E-state index contributed by atoms with van der Waals surface area (Å²) in [6, 6.07) is 23.1. The molecule has 0 aromatic heterocycles. The van der Waals surface area contributed by atoms with Gasteiger partial charge in [-0.1, -0.05) is 80.9 Å². The fourth-order valence-corrected chi connectivity index (χ4v) is 13.9. The summed E-state index contributed by atoms with van der Waals surface area (Å²) in [5, 5.41) is 14.1. The first-order valence-corrected chi connectivity index (χ1v) is 33.4.